The van der Waals surface area contributed by atoms with Gasteiger partial charge in [-0.15, -0.1) is 0 Å². The van der Waals surface area contributed by atoms with Crippen molar-refractivity contribution in [1.82, 2.24) is 0 Å². The molecule has 2 aromatic rings. The fourth-order valence-electron chi connectivity index (χ4n) is 1.69. The lowest BCUT2D eigenvalue weighted by atomic mass is 10.0. The summed E-state index contributed by atoms with van der Waals surface area (Å²) in [6.45, 7) is 1.55. The average molecular weight is 221 g/mol. The molecule has 0 fully saturated rings. The molecule has 0 heterocycles. The van der Waals surface area contributed by atoms with Crippen molar-refractivity contribution in [3.05, 3.63) is 59.7 Å². The van der Waals surface area contributed by atoms with Gasteiger partial charge in [0.25, 0.3) is 0 Å². The third kappa shape index (κ3) is 2.40. The molecule has 2 nitrogen and oxygen atoms in total. The van der Waals surface area contributed by atoms with Crippen molar-refractivity contribution >= 4 is 5.78 Å². The van der Waals surface area contributed by atoms with E-state index in [4.69, 9.17) is 5.26 Å². The van der Waals surface area contributed by atoms with Gasteiger partial charge in [0.05, 0.1) is 11.6 Å². The summed E-state index contributed by atoms with van der Waals surface area (Å²) in [6, 6.07) is 16.9. The maximum atomic E-state index is 11.3. The summed E-state index contributed by atoms with van der Waals surface area (Å²) in [6.07, 6.45) is 0. The topological polar surface area (TPSA) is 40.9 Å². The predicted molar refractivity (Wildman–Crippen MR) is 66.6 cm³/mol. The number of rotatable bonds is 2. The summed E-state index contributed by atoms with van der Waals surface area (Å²) in [5, 5.41) is 8.85. The van der Waals surface area contributed by atoms with Crippen molar-refractivity contribution in [3.63, 3.8) is 0 Å². The molecule has 0 bridgehead atoms. The molecule has 0 N–H and O–H groups in total. The van der Waals surface area contributed by atoms with Gasteiger partial charge >= 0.3 is 0 Å². The first kappa shape index (κ1) is 11.1. The third-order valence-electron chi connectivity index (χ3n) is 2.59. The van der Waals surface area contributed by atoms with E-state index >= 15 is 0 Å². The number of hydrogen-bond acceptors (Lipinski definition) is 2. The Morgan fingerprint density at radius 2 is 1.71 bits per heavy atom. The van der Waals surface area contributed by atoms with E-state index < -0.39 is 0 Å². The highest BCUT2D eigenvalue weighted by Crippen LogP contribution is 2.21. The Balaban J connectivity index is 2.49. The van der Waals surface area contributed by atoms with Gasteiger partial charge in [0.15, 0.2) is 5.78 Å². The lowest BCUT2D eigenvalue weighted by molar-refractivity contribution is 0.101. The van der Waals surface area contributed by atoms with Crippen LogP contribution in [0, 0.1) is 11.3 Å². The second-order valence-corrected chi connectivity index (χ2v) is 3.83. The number of Topliss-reactive ketones (excluding diaryl/α,β-unsaturated/α-hetero) is 1. The first-order valence-corrected chi connectivity index (χ1v) is 5.32. The molecule has 17 heavy (non-hydrogen) atoms. The summed E-state index contributed by atoms with van der Waals surface area (Å²) in [5.74, 6) is 0.0447. The lowest BCUT2D eigenvalue weighted by Crippen LogP contribution is -1.91. The SMILES string of the molecule is CC(=O)c1cccc(-c2cccc(C#N)c2)c1. The zero-order valence-electron chi connectivity index (χ0n) is 9.47. The Hall–Kier alpha value is -2.40. The van der Waals surface area contributed by atoms with Crippen molar-refractivity contribution in [2.24, 2.45) is 0 Å². The van der Waals surface area contributed by atoms with E-state index in [1.807, 2.05) is 36.4 Å². The minimum Gasteiger partial charge on any atom is -0.295 e. The van der Waals surface area contributed by atoms with E-state index in [1.165, 1.54) is 0 Å². The van der Waals surface area contributed by atoms with Gasteiger partial charge in [-0.2, -0.15) is 5.26 Å². The largest absolute Gasteiger partial charge is 0.295 e. The summed E-state index contributed by atoms with van der Waals surface area (Å²) >= 11 is 0. The van der Waals surface area contributed by atoms with Crippen LogP contribution in [0.2, 0.25) is 0 Å². The van der Waals surface area contributed by atoms with Crippen LogP contribution in [0.15, 0.2) is 48.5 Å². The summed E-state index contributed by atoms with van der Waals surface area (Å²) < 4.78 is 0. The van der Waals surface area contributed by atoms with Crippen molar-refractivity contribution in [1.29, 1.82) is 5.26 Å². The maximum Gasteiger partial charge on any atom is 0.159 e. The van der Waals surface area contributed by atoms with Crippen LogP contribution in [0.25, 0.3) is 11.1 Å². The molecule has 0 radical (unpaired) electrons. The number of ketones is 1. The molecule has 0 spiro atoms. The molecule has 0 saturated heterocycles. The first-order valence-electron chi connectivity index (χ1n) is 5.32. The molecule has 0 atom stereocenters. The van der Waals surface area contributed by atoms with E-state index in [0.717, 1.165) is 11.1 Å². The fourth-order valence-corrected chi connectivity index (χ4v) is 1.69. The van der Waals surface area contributed by atoms with E-state index in [-0.39, 0.29) is 5.78 Å². The molecular formula is C15H11NO. The molecule has 0 amide bonds. The third-order valence-corrected chi connectivity index (χ3v) is 2.59. The van der Waals surface area contributed by atoms with Gasteiger partial charge in [0.1, 0.15) is 0 Å². The Kier molecular flexibility index (Phi) is 3.02. The molecular weight excluding hydrogens is 210 g/mol. The van der Waals surface area contributed by atoms with Crippen LogP contribution in [0.1, 0.15) is 22.8 Å². The second-order valence-electron chi connectivity index (χ2n) is 3.83. The zero-order valence-corrected chi connectivity index (χ0v) is 9.47. The van der Waals surface area contributed by atoms with E-state index in [0.29, 0.717) is 11.1 Å². The van der Waals surface area contributed by atoms with Gasteiger partial charge in [0, 0.05) is 5.56 Å². The summed E-state index contributed by atoms with van der Waals surface area (Å²) in [5.41, 5.74) is 3.21. The van der Waals surface area contributed by atoms with Crippen LogP contribution in [0.5, 0.6) is 0 Å². The molecule has 0 aromatic heterocycles. The predicted octanol–water partition coefficient (Wildman–Crippen LogP) is 3.43. The number of nitrogens with zero attached hydrogens (tertiary/aromatic N) is 1. The van der Waals surface area contributed by atoms with Crippen LogP contribution in [0.3, 0.4) is 0 Å². The van der Waals surface area contributed by atoms with E-state index in [2.05, 4.69) is 6.07 Å². The van der Waals surface area contributed by atoms with Crippen LogP contribution >= 0.6 is 0 Å². The Bertz CT molecular complexity index is 608. The maximum absolute atomic E-state index is 11.3. The van der Waals surface area contributed by atoms with Gasteiger partial charge in [-0.1, -0.05) is 30.3 Å². The Morgan fingerprint density at radius 1 is 1.06 bits per heavy atom. The van der Waals surface area contributed by atoms with Gasteiger partial charge in [-0.25, -0.2) is 0 Å². The Labute approximate surface area is 100 Å². The first-order chi connectivity index (χ1) is 8.20. The molecule has 2 aromatic carbocycles. The highest BCUT2D eigenvalue weighted by Gasteiger charge is 2.03. The minimum atomic E-state index is 0.0447. The average Bonchev–Trinajstić information content (AvgIpc) is 2.39. The monoisotopic (exact) mass is 221 g/mol. The smallest absolute Gasteiger partial charge is 0.159 e. The van der Waals surface area contributed by atoms with Crippen LogP contribution in [-0.2, 0) is 0 Å². The normalized spacial score (nSPS) is 9.65. The van der Waals surface area contributed by atoms with Crippen molar-refractivity contribution in [3.8, 4) is 17.2 Å². The van der Waals surface area contributed by atoms with Crippen molar-refractivity contribution in [2.75, 3.05) is 0 Å². The van der Waals surface area contributed by atoms with Crippen LogP contribution in [0.4, 0.5) is 0 Å². The molecule has 0 saturated carbocycles. The summed E-state index contributed by atoms with van der Waals surface area (Å²) in [4.78, 5) is 11.3. The zero-order chi connectivity index (χ0) is 12.3. The number of carbonyl (C=O) groups is 1. The molecule has 82 valence electrons. The van der Waals surface area contributed by atoms with E-state index in [1.54, 1.807) is 19.1 Å². The second kappa shape index (κ2) is 4.63. The summed E-state index contributed by atoms with van der Waals surface area (Å²) in [7, 11) is 0. The van der Waals surface area contributed by atoms with Crippen molar-refractivity contribution in [2.45, 2.75) is 6.92 Å². The number of benzene rings is 2. The molecule has 0 aliphatic rings. The van der Waals surface area contributed by atoms with Crippen molar-refractivity contribution < 1.29 is 4.79 Å². The number of nitriles is 1. The van der Waals surface area contributed by atoms with Gasteiger partial charge in [-0.05, 0) is 36.2 Å². The van der Waals surface area contributed by atoms with Crippen LogP contribution in [-0.4, -0.2) is 5.78 Å². The quantitative estimate of drug-likeness (QED) is 0.729. The number of carbonyl (C=O) groups excluding carboxylic acids is 1. The Morgan fingerprint density at radius 3 is 2.35 bits per heavy atom. The van der Waals surface area contributed by atoms with Gasteiger partial charge in [-0.3, -0.25) is 4.79 Å². The number of hydrogen-bond donors (Lipinski definition) is 0. The van der Waals surface area contributed by atoms with Gasteiger partial charge < -0.3 is 0 Å². The minimum absolute atomic E-state index is 0.0447. The molecule has 0 unspecified atom stereocenters. The van der Waals surface area contributed by atoms with Gasteiger partial charge in [0.2, 0.25) is 0 Å². The standard InChI is InChI=1S/C15H11NO/c1-11(17)13-5-3-7-15(9-13)14-6-2-4-12(8-14)10-16/h2-9H,1H3. The fraction of sp³-hybridized carbons (Fsp3) is 0.0667. The highest BCUT2D eigenvalue weighted by atomic mass is 16.1. The van der Waals surface area contributed by atoms with Crippen LogP contribution < -0.4 is 0 Å². The lowest BCUT2D eigenvalue weighted by Gasteiger charge is -2.03. The highest BCUT2D eigenvalue weighted by molar-refractivity contribution is 5.95. The molecule has 0 aliphatic carbocycles. The molecule has 0 aliphatic heterocycles. The van der Waals surface area contributed by atoms with E-state index in [9.17, 15) is 4.79 Å². The molecule has 2 rings (SSSR count). The molecule has 2 heteroatoms.